The van der Waals surface area contributed by atoms with Crippen molar-refractivity contribution in [3.63, 3.8) is 0 Å². The Kier molecular flexibility index (Phi) is 1.41. The molecule has 6 heteroatoms. The lowest BCUT2D eigenvalue weighted by Gasteiger charge is -2.02. The van der Waals surface area contributed by atoms with Gasteiger partial charge in [-0.05, 0) is 6.92 Å². The molecule has 2 aromatic heterocycles. The van der Waals surface area contributed by atoms with Crippen LogP contribution in [0.3, 0.4) is 0 Å². The predicted molar refractivity (Wildman–Crippen MR) is 44.9 cm³/mol. The molecule has 0 aromatic carbocycles. The van der Waals surface area contributed by atoms with E-state index in [0.717, 1.165) is 5.56 Å². The van der Waals surface area contributed by atoms with Crippen LogP contribution in [0.1, 0.15) is 5.56 Å². The monoisotopic (exact) mass is 183 g/mol. The Morgan fingerprint density at radius 1 is 1.58 bits per heavy atom. The van der Waals surface area contributed by atoms with Crippen LogP contribution < -0.4 is 5.73 Å². The molecule has 12 heavy (non-hydrogen) atoms. The SMILES string of the molecule is Cc1c(Cl)nc2ncnn2c1N. The minimum atomic E-state index is 0.369. The second-order valence-electron chi connectivity index (χ2n) is 2.38. The molecule has 5 nitrogen and oxygen atoms in total. The van der Waals surface area contributed by atoms with Gasteiger partial charge >= 0.3 is 0 Å². The van der Waals surface area contributed by atoms with Crippen LogP contribution >= 0.6 is 11.6 Å². The minimum absolute atomic E-state index is 0.369. The zero-order valence-corrected chi connectivity index (χ0v) is 7.08. The minimum Gasteiger partial charge on any atom is -0.383 e. The molecule has 0 aliphatic rings. The standard InChI is InChI=1S/C6H6ClN5/c1-3-4(7)11-6-9-2-10-12(6)5(3)8/h2H,8H2,1H3. The molecule has 0 saturated heterocycles. The van der Waals surface area contributed by atoms with Crippen LogP contribution in [0.5, 0.6) is 0 Å². The molecule has 0 aliphatic carbocycles. The lowest BCUT2D eigenvalue weighted by Crippen LogP contribution is -2.03. The fourth-order valence-electron chi connectivity index (χ4n) is 0.918. The topological polar surface area (TPSA) is 69.1 Å². The maximum absolute atomic E-state index is 5.78. The quantitative estimate of drug-likeness (QED) is 0.610. The van der Waals surface area contributed by atoms with Crippen molar-refractivity contribution in [2.75, 3.05) is 5.73 Å². The van der Waals surface area contributed by atoms with Gasteiger partial charge in [0.2, 0.25) is 0 Å². The van der Waals surface area contributed by atoms with Gasteiger partial charge in [-0.3, -0.25) is 0 Å². The molecule has 62 valence electrons. The molecule has 0 bridgehead atoms. The first-order valence-electron chi connectivity index (χ1n) is 3.31. The molecule has 0 radical (unpaired) electrons. The Morgan fingerprint density at radius 2 is 2.33 bits per heavy atom. The van der Waals surface area contributed by atoms with E-state index < -0.39 is 0 Å². The highest BCUT2D eigenvalue weighted by Crippen LogP contribution is 2.18. The fourth-order valence-corrected chi connectivity index (χ4v) is 1.09. The summed E-state index contributed by atoms with van der Waals surface area (Å²) in [5.41, 5.74) is 6.42. The van der Waals surface area contributed by atoms with E-state index in [1.165, 1.54) is 10.8 Å². The van der Waals surface area contributed by atoms with Gasteiger partial charge < -0.3 is 5.73 Å². The highest BCUT2D eigenvalue weighted by atomic mass is 35.5. The smallest absolute Gasteiger partial charge is 0.255 e. The van der Waals surface area contributed by atoms with E-state index in [0.29, 0.717) is 16.7 Å². The average Bonchev–Trinajstić information content (AvgIpc) is 2.48. The number of fused-ring (bicyclic) bond motifs is 1. The molecule has 2 rings (SSSR count). The van der Waals surface area contributed by atoms with Crippen molar-refractivity contribution in [3.8, 4) is 0 Å². The molecule has 2 N–H and O–H groups in total. The zero-order chi connectivity index (χ0) is 8.72. The van der Waals surface area contributed by atoms with Crippen molar-refractivity contribution in [3.05, 3.63) is 17.0 Å². The summed E-state index contributed by atoms with van der Waals surface area (Å²) in [6.07, 6.45) is 1.38. The number of nitrogen functional groups attached to an aromatic ring is 1. The number of nitrogens with two attached hydrogens (primary N) is 1. The highest BCUT2D eigenvalue weighted by Gasteiger charge is 2.07. The predicted octanol–water partition coefficient (Wildman–Crippen LogP) is 0.668. The number of nitrogens with zero attached hydrogens (tertiary/aromatic N) is 4. The number of hydrogen-bond donors (Lipinski definition) is 1. The summed E-state index contributed by atoms with van der Waals surface area (Å²) in [4.78, 5) is 7.83. The Bertz CT molecular complexity index is 435. The Balaban J connectivity index is 2.94. The first-order chi connectivity index (χ1) is 5.70. The molecule has 0 fully saturated rings. The third kappa shape index (κ3) is 0.831. The van der Waals surface area contributed by atoms with Gasteiger partial charge in [0, 0.05) is 5.56 Å². The molecule has 0 unspecified atom stereocenters. The van der Waals surface area contributed by atoms with Crippen LogP contribution in [-0.2, 0) is 0 Å². The fraction of sp³-hybridized carbons (Fsp3) is 0.167. The van der Waals surface area contributed by atoms with Crippen LogP contribution in [0.2, 0.25) is 5.15 Å². The van der Waals surface area contributed by atoms with Gasteiger partial charge in [-0.15, -0.1) is 0 Å². The molecule has 0 aliphatic heterocycles. The number of anilines is 1. The third-order valence-electron chi connectivity index (χ3n) is 1.65. The Hall–Kier alpha value is -1.36. The van der Waals surface area contributed by atoms with E-state index >= 15 is 0 Å². The molecular weight excluding hydrogens is 178 g/mol. The second-order valence-corrected chi connectivity index (χ2v) is 2.74. The van der Waals surface area contributed by atoms with Gasteiger partial charge in [-0.2, -0.15) is 19.6 Å². The summed E-state index contributed by atoms with van der Waals surface area (Å²) in [5.74, 6) is 0.894. The van der Waals surface area contributed by atoms with E-state index in [1.807, 2.05) is 0 Å². The van der Waals surface area contributed by atoms with Gasteiger partial charge in [0.1, 0.15) is 17.3 Å². The maximum Gasteiger partial charge on any atom is 0.255 e. The first-order valence-corrected chi connectivity index (χ1v) is 3.69. The molecule has 0 atom stereocenters. The summed E-state index contributed by atoms with van der Waals surface area (Å²) in [5, 5.41) is 4.25. The van der Waals surface area contributed by atoms with Crippen molar-refractivity contribution in [1.82, 2.24) is 19.6 Å². The van der Waals surface area contributed by atoms with Crippen LogP contribution in [0, 0.1) is 6.92 Å². The molecule has 2 aromatic rings. The van der Waals surface area contributed by atoms with E-state index in [9.17, 15) is 0 Å². The number of hydrogen-bond acceptors (Lipinski definition) is 4. The van der Waals surface area contributed by atoms with Gasteiger partial charge in [-0.25, -0.2) is 0 Å². The Morgan fingerprint density at radius 3 is 3.08 bits per heavy atom. The third-order valence-corrected chi connectivity index (χ3v) is 2.02. The van der Waals surface area contributed by atoms with Crippen LogP contribution in [-0.4, -0.2) is 19.6 Å². The van der Waals surface area contributed by atoms with Crippen molar-refractivity contribution < 1.29 is 0 Å². The summed E-state index contributed by atoms with van der Waals surface area (Å²) in [7, 11) is 0. The normalized spacial score (nSPS) is 10.8. The van der Waals surface area contributed by atoms with Crippen LogP contribution in [0.15, 0.2) is 6.33 Å². The number of halogens is 1. The van der Waals surface area contributed by atoms with Crippen LogP contribution in [0.25, 0.3) is 5.78 Å². The lowest BCUT2D eigenvalue weighted by atomic mass is 10.3. The van der Waals surface area contributed by atoms with E-state index in [4.69, 9.17) is 17.3 Å². The lowest BCUT2D eigenvalue weighted by molar-refractivity contribution is 0.941. The number of aromatic nitrogens is 4. The van der Waals surface area contributed by atoms with E-state index in [-0.39, 0.29) is 0 Å². The summed E-state index contributed by atoms with van der Waals surface area (Å²) >= 11 is 5.78. The summed E-state index contributed by atoms with van der Waals surface area (Å²) < 4.78 is 1.45. The zero-order valence-electron chi connectivity index (χ0n) is 6.32. The average molecular weight is 184 g/mol. The van der Waals surface area contributed by atoms with Gasteiger partial charge in [0.25, 0.3) is 5.78 Å². The van der Waals surface area contributed by atoms with E-state index in [1.54, 1.807) is 6.92 Å². The molecular formula is C6H6ClN5. The van der Waals surface area contributed by atoms with Crippen molar-refractivity contribution in [1.29, 1.82) is 0 Å². The Labute approximate surface area is 73.2 Å². The largest absolute Gasteiger partial charge is 0.383 e. The summed E-state index contributed by atoms with van der Waals surface area (Å²) in [6.45, 7) is 1.78. The first kappa shape index (κ1) is 7.30. The molecule has 0 amide bonds. The van der Waals surface area contributed by atoms with Gasteiger partial charge in [0.15, 0.2) is 0 Å². The van der Waals surface area contributed by atoms with Crippen molar-refractivity contribution >= 4 is 23.2 Å². The molecule has 0 spiro atoms. The summed E-state index contributed by atoms with van der Waals surface area (Å²) in [6, 6.07) is 0. The molecule has 2 heterocycles. The second kappa shape index (κ2) is 2.31. The van der Waals surface area contributed by atoms with Crippen LogP contribution in [0.4, 0.5) is 5.82 Å². The highest BCUT2D eigenvalue weighted by molar-refractivity contribution is 6.30. The van der Waals surface area contributed by atoms with E-state index in [2.05, 4.69) is 15.1 Å². The number of rotatable bonds is 0. The van der Waals surface area contributed by atoms with Crippen molar-refractivity contribution in [2.45, 2.75) is 6.92 Å². The van der Waals surface area contributed by atoms with Gasteiger partial charge in [0.05, 0.1) is 0 Å². The maximum atomic E-state index is 5.78. The van der Waals surface area contributed by atoms with Gasteiger partial charge in [-0.1, -0.05) is 11.6 Å². The molecule has 0 saturated carbocycles. The van der Waals surface area contributed by atoms with Crippen molar-refractivity contribution in [2.24, 2.45) is 0 Å².